The van der Waals surface area contributed by atoms with Crippen LogP contribution in [0, 0.1) is 6.92 Å². The van der Waals surface area contributed by atoms with Gasteiger partial charge in [-0.2, -0.15) is 5.10 Å². The van der Waals surface area contributed by atoms with E-state index in [0.717, 1.165) is 48.4 Å². The van der Waals surface area contributed by atoms with E-state index in [-0.39, 0.29) is 30.0 Å². The van der Waals surface area contributed by atoms with Gasteiger partial charge in [-0.3, -0.25) is 4.99 Å². The van der Waals surface area contributed by atoms with Crippen LogP contribution in [0.2, 0.25) is 0 Å². The number of rotatable bonds is 5. The molecule has 0 aliphatic carbocycles. The summed E-state index contributed by atoms with van der Waals surface area (Å²) in [5, 5.41) is 15.0. The number of aliphatic imine (C=N–C) groups is 1. The maximum atomic E-state index is 5.19. The van der Waals surface area contributed by atoms with E-state index in [1.807, 2.05) is 17.7 Å². The Hall–Kier alpha value is -1.69. The van der Waals surface area contributed by atoms with Gasteiger partial charge in [0.2, 0.25) is 0 Å². The molecule has 10 heteroatoms. The van der Waals surface area contributed by atoms with E-state index in [0.29, 0.717) is 13.2 Å². The third kappa shape index (κ3) is 5.14. The molecule has 0 radical (unpaired) electrons. The van der Waals surface area contributed by atoms with Crippen molar-refractivity contribution in [1.82, 2.24) is 30.6 Å². The van der Waals surface area contributed by atoms with Gasteiger partial charge < -0.3 is 19.9 Å². The van der Waals surface area contributed by atoms with Gasteiger partial charge in [-0.05, 0) is 13.3 Å². The molecular formula is C15H24IN7O2. The minimum absolute atomic E-state index is 0. The summed E-state index contributed by atoms with van der Waals surface area (Å²) in [6, 6.07) is 2.15. The van der Waals surface area contributed by atoms with Gasteiger partial charge in [-0.15, -0.1) is 24.0 Å². The van der Waals surface area contributed by atoms with E-state index in [1.165, 1.54) is 0 Å². The van der Waals surface area contributed by atoms with Crippen molar-refractivity contribution in [2.24, 2.45) is 4.99 Å². The minimum atomic E-state index is 0. The molecule has 3 rings (SSSR count). The topological polar surface area (TPSA) is 102 Å². The molecule has 2 aromatic rings. The molecule has 138 valence electrons. The Morgan fingerprint density at radius 2 is 2.36 bits per heavy atom. The first-order valence-electron chi connectivity index (χ1n) is 7.99. The number of nitrogens with zero attached hydrogens (tertiary/aromatic N) is 5. The molecule has 0 bridgehead atoms. The van der Waals surface area contributed by atoms with E-state index >= 15 is 0 Å². The molecule has 1 aliphatic rings. The van der Waals surface area contributed by atoms with Crippen LogP contribution in [0.15, 0.2) is 15.6 Å². The number of hydrogen-bond acceptors (Lipinski definition) is 6. The Bertz CT molecular complexity index is 713. The minimum Gasteiger partial charge on any atom is -0.377 e. The van der Waals surface area contributed by atoms with E-state index < -0.39 is 0 Å². The van der Waals surface area contributed by atoms with Gasteiger partial charge >= 0.3 is 0 Å². The molecule has 9 nitrogen and oxygen atoms in total. The van der Waals surface area contributed by atoms with Crippen molar-refractivity contribution in [3.63, 3.8) is 0 Å². The molecule has 0 amide bonds. The number of aromatic nitrogens is 4. The smallest absolute Gasteiger partial charge is 0.191 e. The predicted octanol–water partition coefficient (Wildman–Crippen LogP) is 1.02. The van der Waals surface area contributed by atoms with Crippen molar-refractivity contribution in [2.45, 2.75) is 45.5 Å². The van der Waals surface area contributed by atoms with E-state index in [2.05, 4.69) is 30.9 Å². The molecule has 0 aromatic carbocycles. The molecular weight excluding hydrogens is 437 g/mol. The van der Waals surface area contributed by atoms with Crippen molar-refractivity contribution in [2.75, 3.05) is 14.2 Å². The summed E-state index contributed by atoms with van der Waals surface area (Å²) < 4.78 is 12.2. The Morgan fingerprint density at radius 3 is 3.04 bits per heavy atom. The predicted molar refractivity (Wildman–Crippen MR) is 103 cm³/mol. The lowest BCUT2D eigenvalue weighted by atomic mass is 10.1. The number of halogens is 1. The summed E-state index contributed by atoms with van der Waals surface area (Å²) >= 11 is 0. The van der Waals surface area contributed by atoms with Crippen LogP contribution in [0.3, 0.4) is 0 Å². The Balaban J connectivity index is 0.00000225. The normalized spacial score (nSPS) is 16.9. The highest BCUT2D eigenvalue weighted by atomic mass is 127. The summed E-state index contributed by atoms with van der Waals surface area (Å²) in [6.45, 7) is 3.64. The standard InChI is InChI=1S/C15H23N7O2.HI/c1-10-6-12(24-21-10)7-17-15(16-2)18-11-4-5-14-19-13(9-23-3)20-22(14)8-11;/h6,11H,4-5,7-9H2,1-3H3,(H2,16,17,18);1H. The molecule has 2 aromatic heterocycles. The molecule has 0 saturated heterocycles. The Labute approximate surface area is 163 Å². The fourth-order valence-corrected chi connectivity index (χ4v) is 2.73. The van der Waals surface area contributed by atoms with Crippen molar-refractivity contribution >= 4 is 29.9 Å². The van der Waals surface area contributed by atoms with E-state index in [4.69, 9.17) is 9.26 Å². The lowest BCUT2D eigenvalue weighted by Gasteiger charge is -2.25. The number of methoxy groups -OCH3 is 1. The monoisotopic (exact) mass is 461 g/mol. The molecule has 3 heterocycles. The number of nitrogens with one attached hydrogen (secondary N) is 2. The summed E-state index contributed by atoms with van der Waals surface area (Å²) in [5.41, 5.74) is 0.868. The number of fused-ring (bicyclic) bond motifs is 1. The summed E-state index contributed by atoms with van der Waals surface area (Å²) in [4.78, 5) is 8.75. The SMILES string of the molecule is CN=C(NCc1cc(C)no1)NC1CCc2nc(COC)nn2C1.I. The van der Waals surface area contributed by atoms with Gasteiger partial charge in [0.15, 0.2) is 17.5 Å². The quantitative estimate of drug-likeness (QED) is 0.390. The first-order valence-corrected chi connectivity index (χ1v) is 7.99. The zero-order valence-corrected chi connectivity index (χ0v) is 17.0. The third-order valence-corrected chi connectivity index (χ3v) is 3.85. The van der Waals surface area contributed by atoms with Crippen LogP contribution >= 0.6 is 24.0 Å². The summed E-state index contributed by atoms with van der Waals surface area (Å²) in [6.07, 6.45) is 1.86. The highest BCUT2D eigenvalue weighted by Crippen LogP contribution is 2.13. The fraction of sp³-hybridized carbons (Fsp3) is 0.600. The summed E-state index contributed by atoms with van der Waals surface area (Å²) in [5.74, 6) is 3.26. The molecule has 1 unspecified atom stereocenters. The van der Waals surface area contributed by atoms with Crippen LogP contribution in [0.1, 0.15) is 29.5 Å². The first kappa shape index (κ1) is 19.6. The second-order valence-electron chi connectivity index (χ2n) is 5.80. The largest absolute Gasteiger partial charge is 0.377 e. The number of aryl methyl sites for hydroxylation is 2. The molecule has 1 aliphatic heterocycles. The van der Waals surface area contributed by atoms with Gasteiger partial charge in [-0.1, -0.05) is 5.16 Å². The first-order chi connectivity index (χ1) is 11.7. The molecule has 2 N–H and O–H groups in total. The van der Waals surface area contributed by atoms with E-state index in [1.54, 1.807) is 14.2 Å². The van der Waals surface area contributed by atoms with Crippen LogP contribution < -0.4 is 10.6 Å². The van der Waals surface area contributed by atoms with Crippen molar-refractivity contribution in [1.29, 1.82) is 0 Å². The Kier molecular flexibility index (Phi) is 7.17. The number of ether oxygens (including phenoxy) is 1. The maximum Gasteiger partial charge on any atom is 0.191 e. The van der Waals surface area contributed by atoms with Crippen LogP contribution in [-0.2, 0) is 30.9 Å². The van der Waals surface area contributed by atoms with Gasteiger partial charge in [0, 0.05) is 32.7 Å². The second kappa shape index (κ2) is 9.13. The van der Waals surface area contributed by atoms with E-state index in [9.17, 15) is 0 Å². The lowest BCUT2D eigenvalue weighted by Crippen LogP contribution is -2.46. The Morgan fingerprint density at radius 1 is 1.52 bits per heavy atom. The average Bonchev–Trinajstić information content (AvgIpc) is 3.16. The van der Waals surface area contributed by atoms with Gasteiger partial charge in [0.1, 0.15) is 12.4 Å². The van der Waals surface area contributed by atoms with Crippen LogP contribution in [-0.4, -0.2) is 46.1 Å². The van der Waals surface area contributed by atoms with Crippen molar-refractivity contribution < 1.29 is 9.26 Å². The maximum absolute atomic E-state index is 5.19. The third-order valence-electron chi connectivity index (χ3n) is 3.85. The fourth-order valence-electron chi connectivity index (χ4n) is 2.73. The van der Waals surface area contributed by atoms with Gasteiger partial charge in [-0.25, -0.2) is 9.67 Å². The van der Waals surface area contributed by atoms with Gasteiger partial charge in [0.25, 0.3) is 0 Å². The zero-order valence-electron chi connectivity index (χ0n) is 14.7. The second-order valence-corrected chi connectivity index (χ2v) is 5.80. The number of guanidine groups is 1. The zero-order chi connectivity index (χ0) is 16.9. The number of hydrogen-bond donors (Lipinski definition) is 2. The van der Waals surface area contributed by atoms with Gasteiger partial charge in [0.05, 0.1) is 18.8 Å². The molecule has 0 saturated carbocycles. The molecule has 0 fully saturated rings. The van der Waals surface area contributed by atoms with Crippen LogP contribution in [0.5, 0.6) is 0 Å². The van der Waals surface area contributed by atoms with Crippen molar-refractivity contribution in [3.05, 3.63) is 29.2 Å². The van der Waals surface area contributed by atoms with Crippen molar-refractivity contribution in [3.8, 4) is 0 Å². The van der Waals surface area contributed by atoms with Crippen LogP contribution in [0.4, 0.5) is 0 Å². The lowest BCUT2D eigenvalue weighted by molar-refractivity contribution is 0.177. The average molecular weight is 461 g/mol. The summed E-state index contributed by atoms with van der Waals surface area (Å²) in [7, 11) is 3.40. The highest BCUT2D eigenvalue weighted by Gasteiger charge is 2.22. The molecule has 1 atom stereocenters. The molecule has 25 heavy (non-hydrogen) atoms. The highest BCUT2D eigenvalue weighted by molar-refractivity contribution is 14.0. The van der Waals surface area contributed by atoms with Crippen LogP contribution in [0.25, 0.3) is 0 Å². The molecule has 0 spiro atoms.